The summed E-state index contributed by atoms with van der Waals surface area (Å²) in [7, 11) is 2.08. The molecular formula is C17H26N2O2. The molecule has 0 spiro atoms. The second kappa shape index (κ2) is 6.06. The van der Waals surface area contributed by atoms with Gasteiger partial charge in [0.25, 0.3) is 0 Å². The van der Waals surface area contributed by atoms with Gasteiger partial charge in [0.1, 0.15) is 0 Å². The minimum atomic E-state index is -0.648. The van der Waals surface area contributed by atoms with Gasteiger partial charge in [-0.1, -0.05) is 32.9 Å². The van der Waals surface area contributed by atoms with Gasteiger partial charge in [-0.15, -0.1) is 0 Å². The highest BCUT2D eigenvalue weighted by Gasteiger charge is 2.19. The number of likely N-dealkylation sites (N-methyl/N-ethyl adjacent to an activating group) is 1. The SMILES string of the molecule is CN1CCc2cc([C@@H](O)CNC(=O)CC(C)(C)C)ccc21. The highest BCUT2D eigenvalue weighted by atomic mass is 16.3. The van der Waals surface area contributed by atoms with E-state index in [2.05, 4.69) is 29.4 Å². The summed E-state index contributed by atoms with van der Waals surface area (Å²) in [5.74, 6) is -0.0116. The molecule has 0 radical (unpaired) electrons. The summed E-state index contributed by atoms with van der Waals surface area (Å²) in [6.45, 7) is 7.38. The molecule has 0 aromatic heterocycles. The molecule has 1 aliphatic rings. The third kappa shape index (κ3) is 4.21. The topological polar surface area (TPSA) is 52.6 Å². The zero-order chi connectivity index (χ0) is 15.6. The number of benzene rings is 1. The van der Waals surface area contributed by atoms with Gasteiger partial charge in [0.05, 0.1) is 6.10 Å². The maximum Gasteiger partial charge on any atom is 0.220 e. The Kier molecular flexibility index (Phi) is 4.57. The average molecular weight is 290 g/mol. The molecule has 1 aromatic carbocycles. The van der Waals surface area contributed by atoms with Gasteiger partial charge in [0, 0.05) is 32.2 Å². The summed E-state index contributed by atoms with van der Waals surface area (Å²) in [4.78, 5) is 14.0. The van der Waals surface area contributed by atoms with Crippen molar-refractivity contribution in [2.24, 2.45) is 5.41 Å². The quantitative estimate of drug-likeness (QED) is 0.894. The van der Waals surface area contributed by atoms with E-state index in [9.17, 15) is 9.90 Å². The van der Waals surface area contributed by atoms with E-state index in [1.165, 1.54) is 11.3 Å². The lowest BCUT2D eigenvalue weighted by atomic mass is 9.92. The van der Waals surface area contributed by atoms with Gasteiger partial charge in [0.15, 0.2) is 0 Å². The second-order valence-electron chi connectivity index (χ2n) is 7.12. The predicted octanol–water partition coefficient (Wildman–Crippen LogP) is 2.26. The van der Waals surface area contributed by atoms with E-state index in [4.69, 9.17) is 0 Å². The fraction of sp³-hybridized carbons (Fsp3) is 0.588. The Hall–Kier alpha value is -1.55. The molecule has 2 rings (SSSR count). The van der Waals surface area contributed by atoms with Crippen LogP contribution >= 0.6 is 0 Å². The number of nitrogens with zero attached hydrogens (tertiary/aromatic N) is 1. The van der Waals surface area contributed by atoms with Crippen LogP contribution in [0.4, 0.5) is 5.69 Å². The molecule has 0 fully saturated rings. The van der Waals surface area contributed by atoms with Crippen LogP contribution in [0.3, 0.4) is 0 Å². The van der Waals surface area contributed by atoms with E-state index in [1.54, 1.807) is 0 Å². The first-order valence-corrected chi connectivity index (χ1v) is 7.55. The zero-order valence-electron chi connectivity index (χ0n) is 13.4. The fourth-order valence-electron chi connectivity index (χ4n) is 2.67. The molecule has 116 valence electrons. The van der Waals surface area contributed by atoms with Gasteiger partial charge < -0.3 is 15.3 Å². The van der Waals surface area contributed by atoms with Gasteiger partial charge in [-0.05, 0) is 29.0 Å². The minimum absolute atomic E-state index is 0.0116. The number of amides is 1. The molecule has 0 unspecified atom stereocenters. The lowest BCUT2D eigenvalue weighted by Gasteiger charge is -2.19. The van der Waals surface area contributed by atoms with Gasteiger partial charge in [-0.2, -0.15) is 0 Å². The molecule has 1 amide bonds. The number of aliphatic hydroxyl groups is 1. The van der Waals surface area contributed by atoms with Crippen molar-refractivity contribution in [3.8, 4) is 0 Å². The van der Waals surface area contributed by atoms with E-state index >= 15 is 0 Å². The normalized spacial score (nSPS) is 15.8. The van der Waals surface area contributed by atoms with Gasteiger partial charge >= 0.3 is 0 Å². The lowest BCUT2D eigenvalue weighted by Crippen LogP contribution is -2.31. The number of rotatable bonds is 4. The number of carbonyl (C=O) groups excluding carboxylic acids is 1. The predicted molar refractivity (Wildman–Crippen MR) is 85.5 cm³/mol. The van der Waals surface area contributed by atoms with Crippen molar-refractivity contribution < 1.29 is 9.90 Å². The summed E-state index contributed by atoms with van der Waals surface area (Å²) < 4.78 is 0. The van der Waals surface area contributed by atoms with E-state index in [-0.39, 0.29) is 17.9 Å². The van der Waals surface area contributed by atoms with Gasteiger partial charge in [-0.3, -0.25) is 4.79 Å². The molecule has 1 heterocycles. The summed E-state index contributed by atoms with van der Waals surface area (Å²) in [5.41, 5.74) is 3.35. The molecule has 4 nitrogen and oxygen atoms in total. The highest BCUT2D eigenvalue weighted by molar-refractivity contribution is 5.76. The maximum atomic E-state index is 11.8. The monoisotopic (exact) mass is 290 g/mol. The largest absolute Gasteiger partial charge is 0.387 e. The third-order valence-corrected chi connectivity index (χ3v) is 3.80. The molecule has 21 heavy (non-hydrogen) atoms. The summed E-state index contributed by atoms with van der Waals surface area (Å²) in [5, 5.41) is 13.1. The van der Waals surface area contributed by atoms with Crippen LogP contribution in [0.25, 0.3) is 0 Å². The fourth-order valence-corrected chi connectivity index (χ4v) is 2.67. The molecule has 0 saturated carbocycles. The van der Waals surface area contributed by atoms with E-state index < -0.39 is 6.10 Å². The Morgan fingerprint density at radius 3 is 2.81 bits per heavy atom. The molecule has 1 aliphatic heterocycles. The molecule has 2 N–H and O–H groups in total. The third-order valence-electron chi connectivity index (χ3n) is 3.80. The van der Waals surface area contributed by atoms with Crippen molar-refractivity contribution in [1.82, 2.24) is 5.32 Å². The molecule has 4 heteroatoms. The maximum absolute atomic E-state index is 11.8. The lowest BCUT2D eigenvalue weighted by molar-refractivity contribution is -0.123. The van der Waals surface area contributed by atoms with Crippen LogP contribution < -0.4 is 10.2 Å². The number of hydrogen-bond acceptors (Lipinski definition) is 3. The van der Waals surface area contributed by atoms with Crippen molar-refractivity contribution in [1.29, 1.82) is 0 Å². The Bertz CT molecular complexity index is 520. The zero-order valence-corrected chi connectivity index (χ0v) is 13.4. The standard InChI is InChI=1S/C17H26N2O2/c1-17(2,3)10-16(21)18-11-15(20)13-5-6-14-12(9-13)7-8-19(14)4/h5-6,9,15,20H,7-8,10-11H2,1-4H3,(H,18,21)/t15-/m0/s1. The van der Waals surface area contributed by atoms with Crippen LogP contribution in [-0.4, -0.2) is 31.2 Å². The van der Waals surface area contributed by atoms with Crippen molar-refractivity contribution in [3.05, 3.63) is 29.3 Å². The van der Waals surface area contributed by atoms with E-state index in [0.29, 0.717) is 6.42 Å². The highest BCUT2D eigenvalue weighted by Crippen LogP contribution is 2.29. The Morgan fingerprint density at radius 1 is 1.43 bits per heavy atom. The molecule has 0 aliphatic carbocycles. The number of aliphatic hydroxyl groups excluding tert-OH is 1. The van der Waals surface area contributed by atoms with E-state index in [0.717, 1.165) is 18.5 Å². The average Bonchev–Trinajstić information content (AvgIpc) is 2.75. The first kappa shape index (κ1) is 15.8. The molecule has 1 aromatic rings. The van der Waals surface area contributed by atoms with Crippen molar-refractivity contribution >= 4 is 11.6 Å². The van der Waals surface area contributed by atoms with Crippen LogP contribution in [0.5, 0.6) is 0 Å². The minimum Gasteiger partial charge on any atom is -0.387 e. The van der Waals surface area contributed by atoms with Crippen molar-refractivity contribution in [2.75, 3.05) is 25.0 Å². The molecular weight excluding hydrogens is 264 g/mol. The molecule has 0 saturated heterocycles. The van der Waals surface area contributed by atoms with Crippen LogP contribution in [0.1, 0.15) is 44.4 Å². The number of anilines is 1. The Balaban J connectivity index is 1.92. The van der Waals surface area contributed by atoms with E-state index in [1.807, 2.05) is 26.8 Å². The smallest absolute Gasteiger partial charge is 0.220 e. The second-order valence-corrected chi connectivity index (χ2v) is 7.12. The summed E-state index contributed by atoms with van der Waals surface area (Å²) in [6, 6.07) is 6.05. The van der Waals surface area contributed by atoms with Crippen LogP contribution in [0.15, 0.2) is 18.2 Å². The van der Waals surface area contributed by atoms with Crippen molar-refractivity contribution in [2.45, 2.75) is 39.7 Å². The number of fused-ring (bicyclic) bond motifs is 1. The van der Waals surface area contributed by atoms with Gasteiger partial charge in [-0.25, -0.2) is 0 Å². The number of carbonyl (C=O) groups is 1. The van der Waals surface area contributed by atoms with Gasteiger partial charge in [0.2, 0.25) is 5.91 Å². The molecule has 1 atom stereocenters. The van der Waals surface area contributed by atoms with Crippen LogP contribution in [0.2, 0.25) is 0 Å². The molecule has 0 bridgehead atoms. The van der Waals surface area contributed by atoms with Crippen LogP contribution in [0, 0.1) is 5.41 Å². The Labute approximate surface area is 127 Å². The first-order chi connectivity index (χ1) is 9.76. The number of hydrogen-bond donors (Lipinski definition) is 2. The van der Waals surface area contributed by atoms with Crippen molar-refractivity contribution in [3.63, 3.8) is 0 Å². The van der Waals surface area contributed by atoms with Crippen LogP contribution in [-0.2, 0) is 11.2 Å². The first-order valence-electron chi connectivity index (χ1n) is 7.55. The Morgan fingerprint density at radius 2 is 2.14 bits per heavy atom. The number of nitrogens with one attached hydrogen (secondary N) is 1. The summed E-state index contributed by atoms with van der Waals surface area (Å²) in [6.07, 6.45) is 0.836. The summed E-state index contributed by atoms with van der Waals surface area (Å²) >= 11 is 0.